The first-order valence-corrected chi connectivity index (χ1v) is 9.06. The van der Waals surface area contributed by atoms with Gasteiger partial charge in [-0.25, -0.2) is 0 Å². The van der Waals surface area contributed by atoms with Crippen molar-refractivity contribution in [3.8, 4) is 0 Å². The van der Waals surface area contributed by atoms with Crippen molar-refractivity contribution < 1.29 is 4.79 Å². The molecule has 0 fully saturated rings. The van der Waals surface area contributed by atoms with Crippen molar-refractivity contribution in [2.75, 3.05) is 0 Å². The lowest BCUT2D eigenvalue weighted by Crippen LogP contribution is -2.42. The van der Waals surface area contributed by atoms with Gasteiger partial charge in [-0.3, -0.25) is 9.48 Å². The molecule has 0 bridgehead atoms. The summed E-state index contributed by atoms with van der Waals surface area (Å²) in [4.78, 5) is 12.6. The Morgan fingerprint density at radius 1 is 1.28 bits per heavy atom. The molecule has 25 heavy (non-hydrogen) atoms. The number of carbonyl (C=O) groups is 1. The summed E-state index contributed by atoms with van der Waals surface area (Å²) < 4.78 is 4.13. The molecule has 0 radical (unpaired) electrons. The van der Waals surface area contributed by atoms with Crippen molar-refractivity contribution in [3.05, 3.63) is 28.6 Å². The van der Waals surface area contributed by atoms with Crippen molar-refractivity contribution in [3.63, 3.8) is 0 Å². The van der Waals surface area contributed by atoms with Crippen LogP contribution in [0.5, 0.6) is 0 Å². The third kappa shape index (κ3) is 3.75. The molecule has 0 unspecified atom stereocenters. The van der Waals surface area contributed by atoms with Crippen LogP contribution >= 0.6 is 0 Å². The molecule has 1 atom stereocenters. The molecule has 7 nitrogen and oxygen atoms in total. The van der Waals surface area contributed by atoms with Crippen LogP contribution in [0.15, 0.2) is 0 Å². The van der Waals surface area contributed by atoms with E-state index in [1.807, 2.05) is 18.5 Å². The summed E-state index contributed by atoms with van der Waals surface area (Å²) in [5, 5.41) is 16.1. The van der Waals surface area contributed by atoms with Crippen molar-refractivity contribution in [1.29, 1.82) is 0 Å². The first kappa shape index (κ1) is 17.6. The summed E-state index contributed by atoms with van der Waals surface area (Å²) >= 11 is 0. The predicted molar refractivity (Wildman–Crippen MR) is 95.3 cm³/mol. The first-order chi connectivity index (χ1) is 11.8. The number of rotatable bonds is 5. The molecule has 1 aliphatic heterocycles. The van der Waals surface area contributed by atoms with Crippen LogP contribution in [0.3, 0.4) is 0 Å². The van der Waals surface area contributed by atoms with E-state index in [1.54, 1.807) is 0 Å². The minimum absolute atomic E-state index is 0.0643. The number of hydrogen-bond donors (Lipinski definition) is 1. The van der Waals surface area contributed by atoms with Crippen molar-refractivity contribution in [2.24, 2.45) is 5.92 Å². The number of nitrogens with one attached hydrogen (secondary N) is 1. The van der Waals surface area contributed by atoms with Crippen molar-refractivity contribution >= 4 is 5.91 Å². The second-order valence-electron chi connectivity index (χ2n) is 7.48. The fourth-order valence-electron chi connectivity index (χ4n) is 3.53. The molecule has 7 heteroatoms. The predicted octanol–water partition coefficient (Wildman–Crippen LogP) is 1.73. The van der Waals surface area contributed by atoms with Gasteiger partial charge in [0, 0.05) is 36.8 Å². The Kier molecular flexibility index (Phi) is 4.92. The van der Waals surface area contributed by atoms with Crippen LogP contribution in [0.1, 0.15) is 48.9 Å². The highest BCUT2D eigenvalue weighted by molar-refractivity contribution is 5.79. The Labute approximate surface area is 148 Å². The molecule has 2 aromatic heterocycles. The van der Waals surface area contributed by atoms with E-state index in [1.165, 1.54) is 0 Å². The zero-order chi connectivity index (χ0) is 18.1. The van der Waals surface area contributed by atoms with Crippen LogP contribution in [0, 0.1) is 26.7 Å². The largest absolute Gasteiger partial charge is 0.351 e. The molecular formula is C18H28N6O. The zero-order valence-corrected chi connectivity index (χ0v) is 15.8. The molecule has 0 spiro atoms. The fourth-order valence-corrected chi connectivity index (χ4v) is 3.53. The van der Waals surface area contributed by atoms with Gasteiger partial charge in [0.1, 0.15) is 11.6 Å². The van der Waals surface area contributed by atoms with E-state index < -0.39 is 0 Å². The lowest BCUT2D eigenvalue weighted by atomic mass is 10.1. The van der Waals surface area contributed by atoms with Gasteiger partial charge in [0.2, 0.25) is 5.91 Å². The van der Waals surface area contributed by atoms with Gasteiger partial charge in [0.15, 0.2) is 0 Å². The zero-order valence-electron chi connectivity index (χ0n) is 15.8. The lowest BCUT2D eigenvalue weighted by Gasteiger charge is -2.25. The summed E-state index contributed by atoms with van der Waals surface area (Å²) in [6.45, 7) is 12.0. The van der Waals surface area contributed by atoms with E-state index in [2.05, 4.69) is 46.0 Å². The van der Waals surface area contributed by atoms with E-state index in [0.717, 1.165) is 54.5 Å². The van der Waals surface area contributed by atoms with E-state index in [4.69, 9.17) is 0 Å². The Balaban J connectivity index is 1.64. The van der Waals surface area contributed by atoms with Crippen LogP contribution < -0.4 is 5.32 Å². The number of carbonyl (C=O) groups excluding carboxylic acids is 1. The van der Waals surface area contributed by atoms with Gasteiger partial charge < -0.3 is 9.88 Å². The lowest BCUT2D eigenvalue weighted by molar-refractivity contribution is -0.121. The first-order valence-electron chi connectivity index (χ1n) is 9.06. The second-order valence-corrected chi connectivity index (χ2v) is 7.48. The molecule has 2 aromatic rings. The number of amides is 1. The fraction of sp³-hybridized carbons (Fsp3) is 0.667. The summed E-state index contributed by atoms with van der Waals surface area (Å²) in [5.74, 6) is 2.53. The van der Waals surface area contributed by atoms with Gasteiger partial charge in [-0.15, -0.1) is 10.2 Å². The number of nitrogens with zero attached hydrogens (tertiary/aromatic N) is 5. The third-order valence-electron chi connectivity index (χ3n) is 4.90. The number of aryl methyl sites for hydroxylation is 3. The van der Waals surface area contributed by atoms with Crippen molar-refractivity contribution in [1.82, 2.24) is 29.9 Å². The number of aromatic nitrogens is 5. The van der Waals surface area contributed by atoms with E-state index in [9.17, 15) is 4.79 Å². The average molecular weight is 344 g/mol. The smallest absolute Gasteiger partial charge is 0.224 e. The Hall–Kier alpha value is -2.18. The highest BCUT2D eigenvalue weighted by atomic mass is 16.1. The molecule has 3 heterocycles. The molecule has 0 saturated heterocycles. The normalized spacial score (nSPS) is 17.0. The Morgan fingerprint density at radius 3 is 2.76 bits per heavy atom. The standard InChI is InChI=1S/C18H28N6O/c1-11(2)9-24-13(4)16(12(3)22-24)8-18(25)19-15-6-7-17-21-20-14(5)23(17)10-15/h11,15H,6-10H2,1-5H3,(H,19,25)/t15-/m0/s1. The molecule has 1 amide bonds. The van der Waals surface area contributed by atoms with Gasteiger partial charge in [0.25, 0.3) is 0 Å². The average Bonchev–Trinajstić information content (AvgIpc) is 3.02. The van der Waals surface area contributed by atoms with Gasteiger partial charge in [0.05, 0.1) is 12.1 Å². The molecule has 0 saturated carbocycles. The van der Waals surface area contributed by atoms with Gasteiger partial charge in [-0.2, -0.15) is 5.10 Å². The molecular weight excluding hydrogens is 316 g/mol. The Bertz CT molecular complexity index is 773. The number of fused-ring (bicyclic) bond motifs is 1. The molecule has 0 aliphatic carbocycles. The second kappa shape index (κ2) is 6.98. The van der Waals surface area contributed by atoms with Crippen LogP contribution in [-0.2, 0) is 30.7 Å². The third-order valence-corrected chi connectivity index (χ3v) is 4.90. The highest BCUT2D eigenvalue weighted by Gasteiger charge is 2.23. The SMILES string of the molecule is Cc1nn(CC(C)C)c(C)c1CC(=O)N[C@H]1CCc2nnc(C)n2C1. The maximum absolute atomic E-state index is 12.6. The maximum Gasteiger partial charge on any atom is 0.224 e. The van der Waals surface area contributed by atoms with Gasteiger partial charge in [-0.05, 0) is 33.1 Å². The summed E-state index contributed by atoms with van der Waals surface area (Å²) in [5.41, 5.74) is 3.10. The number of hydrogen-bond acceptors (Lipinski definition) is 4. The molecule has 0 aromatic carbocycles. The van der Waals surface area contributed by atoms with Crippen molar-refractivity contribution in [2.45, 2.75) is 73.0 Å². The van der Waals surface area contributed by atoms with Crippen LogP contribution in [-0.4, -0.2) is 36.5 Å². The van der Waals surface area contributed by atoms with Crippen LogP contribution in [0.25, 0.3) is 0 Å². The molecule has 3 rings (SSSR count). The summed E-state index contributed by atoms with van der Waals surface area (Å²) in [7, 11) is 0. The summed E-state index contributed by atoms with van der Waals surface area (Å²) in [6, 6.07) is 0.140. The van der Waals surface area contributed by atoms with Crippen LogP contribution in [0.2, 0.25) is 0 Å². The van der Waals surface area contributed by atoms with E-state index in [0.29, 0.717) is 12.3 Å². The minimum Gasteiger partial charge on any atom is -0.351 e. The highest BCUT2D eigenvalue weighted by Crippen LogP contribution is 2.17. The maximum atomic E-state index is 12.6. The van der Waals surface area contributed by atoms with Gasteiger partial charge >= 0.3 is 0 Å². The topological polar surface area (TPSA) is 77.6 Å². The minimum atomic E-state index is 0.0643. The molecule has 1 aliphatic rings. The summed E-state index contributed by atoms with van der Waals surface area (Å²) in [6.07, 6.45) is 2.16. The Morgan fingerprint density at radius 2 is 2.04 bits per heavy atom. The van der Waals surface area contributed by atoms with Gasteiger partial charge in [-0.1, -0.05) is 13.8 Å². The molecule has 1 N–H and O–H groups in total. The molecule has 136 valence electrons. The monoisotopic (exact) mass is 344 g/mol. The quantitative estimate of drug-likeness (QED) is 0.896. The van der Waals surface area contributed by atoms with E-state index >= 15 is 0 Å². The van der Waals surface area contributed by atoms with E-state index in [-0.39, 0.29) is 11.9 Å². The van der Waals surface area contributed by atoms with Crippen LogP contribution in [0.4, 0.5) is 0 Å².